The molecule has 2 aromatic carbocycles. The molecule has 120 valence electrons. The maximum atomic E-state index is 5.95. The van der Waals surface area contributed by atoms with Crippen molar-refractivity contribution in [2.75, 3.05) is 7.11 Å². The molecule has 1 aromatic heterocycles. The summed E-state index contributed by atoms with van der Waals surface area (Å²) in [5, 5.41) is 1.26. The predicted molar refractivity (Wildman–Crippen MR) is 94.4 cm³/mol. The van der Waals surface area contributed by atoms with Crippen LogP contribution in [-0.4, -0.2) is 11.7 Å². The van der Waals surface area contributed by atoms with Gasteiger partial charge >= 0.3 is 0 Å². The van der Waals surface area contributed by atoms with Crippen molar-refractivity contribution in [2.45, 2.75) is 33.4 Å². The van der Waals surface area contributed by atoms with E-state index in [2.05, 4.69) is 49.7 Å². The van der Waals surface area contributed by atoms with E-state index in [0.29, 0.717) is 12.6 Å². The number of benzene rings is 2. The lowest BCUT2D eigenvalue weighted by molar-refractivity contribution is 0.306. The van der Waals surface area contributed by atoms with Gasteiger partial charge in [0, 0.05) is 28.7 Å². The second kappa shape index (κ2) is 6.37. The molecule has 0 bridgehead atoms. The first-order valence-corrected chi connectivity index (χ1v) is 7.95. The second-order valence-electron chi connectivity index (χ2n) is 6.14. The van der Waals surface area contributed by atoms with Crippen molar-refractivity contribution in [1.82, 2.24) is 4.57 Å². The lowest BCUT2D eigenvalue weighted by atomic mass is 10.1. The summed E-state index contributed by atoms with van der Waals surface area (Å²) < 4.78 is 13.4. The fourth-order valence-electron chi connectivity index (χ4n) is 2.81. The van der Waals surface area contributed by atoms with Crippen molar-refractivity contribution >= 4 is 10.9 Å². The molecule has 3 heteroatoms. The predicted octanol–water partition coefficient (Wildman–Crippen LogP) is 5.12. The average Bonchev–Trinajstić information content (AvgIpc) is 2.91. The van der Waals surface area contributed by atoms with E-state index >= 15 is 0 Å². The highest BCUT2D eigenvalue weighted by Crippen LogP contribution is 2.27. The van der Waals surface area contributed by atoms with Gasteiger partial charge in [-0.2, -0.15) is 0 Å². The Morgan fingerprint density at radius 1 is 1.00 bits per heavy atom. The van der Waals surface area contributed by atoms with E-state index in [1.54, 1.807) is 7.11 Å². The van der Waals surface area contributed by atoms with E-state index in [1.807, 2.05) is 24.3 Å². The molecule has 23 heavy (non-hydrogen) atoms. The van der Waals surface area contributed by atoms with Crippen LogP contribution in [0.2, 0.25) is 0 Å². The molecule has 0 N–H and O–H groups in total. The summed E-state index contributed by atoms with van der Waals surface area (Å²) >= 11 is 0. The number of ether oxygens (including phenoxy) is 2. The topological polar surface area (TPSA) is 23.4 Å². The molecule has 3 rings (SSSR count). The van der Waals surface area contributed by atoms with Crippen molar-refractivity contribution in [3.8, 4) is 11.5 Å². The standard InChI is InChI=1S/C20H23NO2/c1-14(2)21-12-16(19-10-5-15(3)11-20(19)21)13-23-18-8-6-17(22-4)7-9-18/h5-12,14H,13H2,1-4H3. The van der Waals surface area contributed by atoms with Crippen LogP contribution in [-0.2, 0) is 6.61 Å². The molecule has 0 saturated heterocycles. The molecule has 0 unspecified atom stereocenters. The van der Waals surface area contributed by atoms with Gasteiger partial charge in [-0.05, 0) is 56.7 Å². The smallest absolute Gasteiger partial charge is 0.120 e. The summed E-state index contributed by atoms with van der Waals surface area (Å²) in [6.07, 6.45) is 2.21. The molecule has 3 aromatic rings. The highest BCUT2D eigenvalue weighted by Gasteiger charge is 2.11. The van der Waals surface area contributed by atoms with Gasteiger partial charge in [0.05, 0.1) is 7.11 Å². The number of rotatable bonds is 5. The van der Waals surface area contributed by atoms with Crippen LogP contribution in [0.5, 0.6) is 11.5 Å². The Morgan fingerprint density at radius 3 is 2.35 bits per heavy atom. The summed E-state index contributed by atoms with van der Waals surface area (Å²) in [4.78, 5) is 0. The summed E-state index contributed by atoms with van der Waals surface area (Å²) in [6.45, 7) is 7.10. The SMILES string of the molecule is COc1ccc(OCc2cn(C(C)C)c3cc(C)ccc23)cc1. The highest BCUT2D eigenvalue weighted by molar-refractivity contribution is 5.84. The Hall–Kier alpha value is -2.42. The number of hydrogen-bond acceptors (Lipinski definition) is 2. The number of aromatic nitrogens is 1. The molecular weight excluding hydrogens is 286 g/mol. The fraction of sp³-hybridized carbons (Fsp3) is 0.300. The van der Waals surface area contributed by atoms with Crippen molar-refractivity contribution in [1.29, 1.82) is 0 Å². The van der Waals surface area contributed by atoms with Gasteiger partial charge in [-0.3, -0.25) is 0 Å². The van der Waals surface area contributed by atoms with Gasteiger partial charge in [0.15, 0.2) is 0 Å². The zero-order chi connectivity index (χ0) is 16.4. The third-order valence-electron chi connectivity index (χ3n) is 4.08. The van der Waals surface area contributed by atoms with E-state index in [4.69, 9.17) is 9.47 Å². The van der Waals surface area contributed by atoms with Crippen LogP contribution in [0, 0.1) is 6.92 Å². The van der Waals surface area contributed by atoms with Crippen LogP contribution in [0.3, 0.4) is 0 Å². The van der Waals surface area contributed by atoms with Gasteiger partial charge in [-0.15, -0.1) is 0 Å². The van der Waals surface area contributed by atoms with E-state index in [0.717, 1.165) is 11.5 Å². The van der Waals surface area contributed by atoms with Crippen LogP contribution in [0.25, 0.3) is 10.9 Å². The largest absolute Gasteiger partial charge is 0.497 e. The van der Waals surface area contributed by atoms with E-state index in [1.165, 1.54) is 22.0 Å². The van der Waals surface area contributed by atoms with E-state index in [9.17, 15) is 0 Å². The minimum Gasteiger partial charge on any atom is -0.497 e. The second-order valence-corrected chi connectivity index (χ2v) is 6.14. The quantitative estimate of drug-likeness (QED) is 0.653. The summed E-state index contributed by atoms with van der Waals surface area (Å²) in [6, 6.07) is 14.7. The van der Waals surface area contributed by atoms with Crippen LogP contribution in [0.1, 0.15) is 31.0 Å². The maximum absolute atomic E-state index is 5.95. The lowest BCUT2D eigenvalue weighted by Gasteiger charge is -2.09. The molecule has 0 fully saturated rings. The first kappa shape index (κ1) is 15.5. The minimum absolute atomic E-state index is 0.425. The van der Waals surface area contributed by atoms with Crippen LogP contribution >= 0.6 is 0 Å². The van der Waals surface area contributed by atoms with Crippen molar-refractivity contribution < 1.29 is 9.47 Å². The normalized spacial score (nSPS) is 11.2. The van der Waals surface area contributed by atoms with E-state index in [-0.39, 0.29) is 0 Å². The Labute approximate surface area is 137 Å². The number of nitrogens with zero attached hydrogens (tertiary/aromatic N) is 1. The number of aryl methyl sites for hydroxylation is 1. The molecular formula is C20H23NO2. The van der Waals surface area contributed by atoms with Gasteiger partial charge in [0.25, 0.3) is 0 Å². The van der Waals surface area contributed by atoms with E-state index < -0.39 is 0 Å². The third kappa shape index (κ3) is 3.19. The summed E-state index contributed by atoms with van der Waals surface area (Å²) in [7, 11) is 1.67. The Kier molecular flexibility index (Phi) is 4.28. The first-order chi connectivity index (χ1) is 11.1. The van der Waals surface area contributed by atoms with Gasteiger partial charge in [0.2, 0.25) is 0 Å². The van der Waals surface area contributed by atoms with Crippen molar-refractivity contribution in [3.63, 3.8) is 0 Å². The zero-order valence-corrected chi connectivity index (χ0v) is 14.2. The Balaban J connectivity index is 1.87. The summed E-state index contributed by atoms with van der Waals surface area (Å²) in [5.74, 6) is 1.69. The van der Waals surface area contributed by atoms with Gasteiger partial charge in [0.1, 0.15) is 18.1 Å². The molecule has 0 aliphatic rings. The average molecular weight is 309 g/mol. The molecule has 1 heterocycles. The lowest BCUT2D eigenvalue weighted by Crippen LogP contribution is -1.98. The maximum Gasteiger partial charge on any atom is 0.120 e. The van der Waals surface area contributed by atoms with Crippen LogP contribution in [0.15, 0.2) is 48.7 Å². The molecule has 0 spiro atoms. The minimum atomic E-state index is 0.425. The van der Waals surface area contributed by atoms with Gasteiger partial charge in [-0.25, -0.2) is 0 Å². The Bertz CT molecular complexity index is 800. The van der Waals surface area contributed by atoms with Gasteiger partial charge in [-0.1, -0.05) is 12.1 Å². The highest BCUT2D eigenvalue weighted by atomic mass is 16.5. The number of hydrogen-bond donors (Lipinski definition) is 0. The van der Waals surface area contributed by atoms with Gasteiger partial charge < -0.3 is 14.0 Å². The third-order valence-corrected chi connectivity index (χ3v) is 4.08. The van der Waals surface area contributed by atoms with Crippen molar-refractivity contribution in [3.05, 3.63) is 59.8 Å². The monoisotopic (exact) mass is 309 g/mol. The molecule has 3 nitrogen and oxygen atoms in total. The summed E-state index contributed by atoms with van der Waals surface area (Å²) in [5.41, 5.74) is 3.76. The molecule has 0 amide bonds. The fourth-order valence-corrected chi connectivity index (χ4v) is 2.81. The molecule has 0 aliphatic heterocycles. The van der Waals surface area contributed by atoms with Crippen LogP contribution < -0.4 is 9.47 Å². The van der Waals surface area contributed by atoms with Crippen molar-refractivity contribution in [2.24, 2.45) is 0 Å². The molecule has 0 atom stereocenters. The first-order valence-electron chi connectivity index (χ1n) is 7.95. The van der Waals surface area contributed by atoms with Crippen LogP contribution in [0.4, 0.5) is 0 Å². The zero-order valence-electron chi connectivity index (χ0n) is 14.2. The molecule has 0 aliphatic carbocycles. The Morgan fingerprint density at radius 2 is 1.70 bits per heavy atom. The molecule has 0 radical (unpaired) electrons. The molecule has 0 saturated carbocycles. The number of methoxy groups -OCH3 is 1. The number of fused-ring (bicyclic) bond motifs is 1.